The van der Waals surface area contributed by atoms with E-state index in [1.165, 1.54) is 6.07 Å². The number of halogens is 2. The number of aromatic nitrogens is 3. The van der Waals surface area contributed by atoms with Crippen LogP contribution >= 0.6 is 0 Å². The van der Waals surface area contributed by atoms with E-state index in [9.17, 15) is 14.0 Å². The van der Waals surface area contributed by atoms with Gasteiger partial charge < -0.3 is 4.79 Å². The molecule has 0 aliphatic heterocycles. The predicted octanol–water partition coefficient (Wildman–Crippen LogP) is 6.21. The molecule has 2 heterocycles. The van der Waals surface area contributed by atoms with Crippen LogP contribution in [0.25, 0.3) is 33.5 Å². The Bertz CT molecular complexity index is 1600. The molecule has 2 aliphatic carbocycles. The second kappa shape index (κ2) is 9.15. The van der Waals surface area contributed by atoms with Gasteiger partial charge >= 0.3 is 0 Å². The van der Waals surface area contributed by atoms with E-state index in [1.54, 1.807) is 24.3 Å². The molecule has 0 N–H and O–H groups in total. The zero-order valence-electron chi connectivity index (χ0n) is 21.2. The molecule has 2 aromatic carbocycles. The van der Waals surface area contributed by atoms with Gasteiger partial charge in [-0.15, -0.1) is 0 Å². The fourth-order valence-electron chi connectivity index (χ4n) is 6.73. The number of hydrogen-bond acceptors (Lipinski definition) is 5. The zero-order chi connectivity index (χ0) is 26.6. The largest absolute Gasteiger partial charge is 0.303 e. The lowest BCUT2D eigenvalue weighted by molar-refractivity contribution is -0.137. The first-order valence-electron chi connectivity index (χ1n) is 13.0. The van der Waals surface area contributed by atoms with Crippen molar-refractivity contribution in [3.8, 4) is 22.6 Å². The summed E-state index contributed by atoms with van der Waals surface area (Å²) in [6.07, 6.45) is 2.40. The minimum absolute atomic E-state index is 0.00879. The number of pyridine rings is 1. The first kappa shape index (κ1) is 24.5. The van der Waals surface area contributed by atoms with Gasteiger partial charge in [-0.05, 0) is 49.4 Å². The van der Waals surface area contributed by atoms with E-state index in [0.717, 1.165) is 29.4 Å². The van der Waals surface area contributed by atoms with E-state index < -0.39 is 23.8 Å². The first-order valence-corrected chi connectivity index (χ1v) is 13.0. The van der Waals surface area contributed by atoms with E-state index in [1.807, 2.05) is 31.2 Å². The van der Waals surface area contributed by atoms with Crippen molar-refractivity contribution in [2.24, 2.45) is 17.8 Å². The molecule has 192 valence electrons. The molecule has 38 heavy (non-hydrogen) atoms. The minimum atomic E-state index is -0.747. The van der Waals surface area contributed by atoms with Gasteiger partial charge in [-0.3, -0.25) is 4.79 Å². The van der Waals surface area contributed by atoms with Crippen LogP contribution in [0.3, 0.4) is 0 Å². The van der Waals surface area contributed by atoms with Gasteiger partial charge in [-0.25, -0.2) is 23.7 Å². The van der Waals surface area contributed by atoms with Crippen molar-refractivity contribution in [1.82, 2.24) is 15.0 Å². The maximum Gasteiger partial charge on any atom is 0.160 e. The Kier molecular flexibility index (Phi) is 5.89. The maximum atomic E-state index is 15.2. The Balaban J connectivity index is 1.67. The van der Waals surface area contributed by atoms with Gasteiger partial charge in [0, 0.05) is 33.4 Å². The number of alkyl halides is 1. The molecular formula is C31H27F2N3O2. The number of nitrogens with zero attached hydrogens (tertiary/aromatic N) is 3. The SMILES string of the molecule is C[C@H]1C(=O)C(C=O)C[C@@]2(C)c3nc(-c4cc(CF)nc5ccccc45)nc(-c4ccccc4F)c3CC[C@H]12. The molecule has 0 radical (unpaired) electrons. The average molecular weight is 512 g/mol. The Morgan fingerprint density at radius 3 is 2.58 bits per heavy atom. The third-order valence-corrected chi connectivity index (χ3v) is 8.57. The molecular weight excluding hydrogens is 484 g/mol. The maximum absolute atomic E-state index is 15.2. The highest BCUT2D eigenvalue weighted by Gasteiger charge is 2.53. The quantitative estimate of drug-likeness (QED) is 0.241. The van der Waals surface area contributed by atoms with Crippen LogP contribution < -0.4 is 0 Å². The summed E-state index contributed by atoms with van der Waals surface area (Å²) in [7, 11) is 0. The van der Waals surface area contributed by atoms with Crippen LogP contribution in [0.5, 0.6) is 0 Å². The molecule has 1 saturated carbocycles. The van der Waals surface area contributed by atoms with E-state index >= 15 is 4.39 Å². The number of para-hydroxylation sites is 1. The first-order chi connectivity index (χ1) is 18.4. The predicted molar refractivity (Wildman–Crippen MR) is 140 cm³/mol. The highest BCUT2D eigenvalue weighted by molar-refractivity contribution is 5.96. The zero-order valence-corrected chi connectivity index (χ0v) is 21.2. The number of rotatable bonds is 4. The van der Waals surface area contributed by atoms with Gasteiger partial charge in [0.15, 0.2) is 5.82 Å². The van der Waals surface area contributed by atoms with Gasteiger partial charge in [-0.2, -0.15) is 0 Å². The van der Waals surface area contributed by atoms with Crippen molar-refractivity contribution >= 4 is 23.0 Å². The summed E-state index contributed by atoms with van der Waals surface area (Å²) in [4.78, 5) is 39.3. The molecule has 2 aliphatic rings. The third-order valence-electron chi connectivity index (χ3n) is 8.57. The van der Waals surface area contributed by atoms with Crippen LogP contribution in [0, 0.1) is 23.6 Å². The normalized spacial score (nSPS) is 24.6. The van der Waals surface area contributed by atoms with Crippen LogP contribution in [0.15, 0.2) is 54.6 Å². The van der Waals surface area contributed by atoms with Gasteiger partial charge in [0.2, 0.25) is 0 Å². The number of carbonyl (C=O) groups is 2. The van der Waals surface area contributed by atoms with Gasteiger partial charge in [0.1, 0.15) is 24.6 Å². The van der Waals surface area contributed by atoms with Gasteiger partial charge in [0.05, 0.1) is 28.5 Å². The Morgan fingerprint density at radius 1 is 1.05 bits per heavy atom. The van der Waals surface area contributed by atoms with Crippen molar-refractivity contribution in [2.75, 3.05) is 0 Å². The second-order valence-electron chi connectivity index (χ2n) is 10.7. The van der Waals surface area contributed by atoms with Crippen LogP contribution in [0.1, 0.15) is 43.6 Å². The van der Waals surface area contributed by atoms with E-state index in [-0.39, 0.29) is 23.3 Å². The van der Waals surface area contributed by atoms with Crippen molar-refractivity contribution < 1.29 is 18.4 Å². The second-order valence-corrected chi connectivity index (χ2v) is 10.7. The van der Waals surface area contributed by atoms with Crippen LogP contribution in [0.4, 0.5) is 8.78 Å². The van der Waals surface area contributed by atoms with Crippen molar-refractivity contribution in [1.29, 1.82) is 0 Å². The van der Waals surface area contributed by atoms with Crippen LogP contribution in [-0.2, 0) is 28.1 Å². The molecule has 0 saturated heterocycles. The number of hydrogen-bond donors (Lipinski definition) is 0. The number of Topliss-reactive ketones (excluding diaryl/α,β-unsaturated/α-hetero) is 1. The molecule has 1 fully saturated rings. The Morgan fingerprint density at radius 2 is 1.82 bits per heavy atom. The topological polar surface area (TPSA) is 72.8 Å². The van der Waals surface area contributed by atoms with Crippen LogP contribution in [0.2, 0.25) is 0 Å². The molecule has 4 atom stereocenters. The van der Waals surface area contributed by atoms with Crippen molar-refractivity contribution in [3.05, 3.63) is 77.4 Å². The lowest BCUT2D eigenvalue weighted by Gasteiger charge is -2.49. The van der Waals surface area contributed by atoms with Crippen molar-refractivity contribution in [3.63, 3.8) is 0 Å². The van der Waals surface area contributed by atoms with Gasteiger partial charge in [0.25, 0.3) is 0 Å². The smallest absolute Gasteiger partial charge is 0.160 e. The Hall–Kier alpha value is -3.87. The lowest BCUT2D eigenvalue weighted by Crippen LogP contribution is -2.51. The molecule has 0 amide bonds. The highest BCUT2D eigenvalue weighted by atomic mass is 19.1. The molecule has 0 spiro atoms. The lowest BCUT2D eigenvalue weighted by atomic mass is 9.54. The number of benzene rings is 2. The summed E-state index contributed by atoms with van der Waals surface area (Å²) in [5, 5.41) is 0.764. The summed E-state index contributed by atoms with van der Waals surface area (Å²) >= 11 is 0. The number of carbonyl (C=O) groups excluding carboxylic acids is 2. The average Bonchev–Trinajstić information content (AvgIpc) is 2.94. The van der Waals surface area contributed by atoms with E-state index in [4.69, 9.17) is 9.97 Å². The number of ketones is 1. The molecule has 7 heteroatoms. The fraction of sp³-hybridized carbons (Fsp3) is 0.323. The monoisotopic (exact) mass is 511 g/mol. The summed E-state index contributed by atoms with van der Waals surface area (Å²) in [6, 6.07) is 15.6. The summed E-state index contributed by atoms with van der Waals surface area (Å²) in [6.45, 7) is 3.22. The number of fused-ring (bicyclic) bond motifs is 4. The van der Waals surface area contributed by atoms with E-state index in [2.05, 4.69) is 11.9 Å². The fourth-order valence-corrected chi connectivity index (χ4v) is 6.73. The molecule has 1 unspecified atom stereocenters. The number of aldehydes is 1. The standard InChI is InChI=1S/C31H27F2N3O2/c1-17-24-12-11-22-27(21-8-3-5-9-25(21)33)35-30(36-29(22)31(24,2)14-18(16-37)28(17)38)23-13-19(15-32)34-26-10-6-4-7-20(23)26/h3-10,13,16-18,24H,11-12,14-15H2,1-2H3/t17-,18?,24-,31-/m1/s1. The highest BCUT2D eigenvalue weighted by Crippen LogP contribution is 2.53. The molecule has 0 bridgehead atoms. The molecule has 5 nitrogen and oxygen atoms in total. The summed E-state index contributed by atoms with van der Waals surface area (Å²) < 4.78 is 29.0. The van der Waals surface area contributed by atoms with E-state index in [0.29, 0.717) is 41.0 Å². The van der Waals surface area contributed by atoms with Crippen molar-refractivity contribution in [2.45, 2.75) is 45.2 Å². The minimum Gasteiger partial charge on any atom is -0.303 e. The van der Waals surface area contributed by atoms with Crippen LogP contribution in [-0.4, -0.2) is 27.0 Å². The van der Waals surface area contributed by atoms with Gasteiger partial charge in [-0.1, -0.05) is 44.2 Å². The Labute approximate surface area is 219 Å². The molecule has 2 aromatic heterocycles. The summed E-state index contributed by atoms with van der Waals surface area (Å²) in [5.74, 6) is -1.09. The molecule has 4 aromatic rings. The summed E-state index contributed by atoms with van der Waals surface area (Å²) in [5.41, 5.74) is 3.35. The molecule has 6 rings (SSSR count). The third kappa shape index (κ3) is 3.67.